The van der Waals surface area contributed by atoms with Gasteiger partial charge in [-0.15, -0.1) is 0 Å². The zero-order valence-electron chi connectivity index (χ0n) is 11.8. The lowest BCUT2D eigenvalue weighted by atomic mass is 10.1. The molecular formula is C16H17O4P. The molecule has 0 bridgehead atoms. The minimum atomic E-state index is -3.60. The van der Waals surface area contributed by atoms with Crippen LogP contribution in [0.4, 0.5) is 0 Å². The molecule has 0 saturated heterocycles. The summed E-state index contributed by atoms with van der Waals surface area (Å²) in [6, 6.07) is 14.8. The molecule has 5 heteroatoms. The smallest absolute Gasteiger partial charge is 0.395 e. The van der Waals surface area contributed by atoms with Gasteiger partial charge in [-0.1, -0.05) is 43.7 Å². The Hall–Kier alpha value is -1.77. The molecule has 1 atom stereocenters. The zero-order valence-corrected chi connectivity index (χ0v) is 12.7. The molecule has 0 spiro atoms. The van der Waals surface area contributed by atoms with Gasteiger partial charge in [-0.05, 0) is 30.2 Å². The Morgan fingerprint density at radius 2 is 1.90 bits per heavy atom. The number of para-hydroxylation sites is 1. The van der Waals surface area contributed by atoms with Gasteiger partial charge in [0.15, 0.2) is 0 Å². The Balaban J connectivity index is 1.74. The molecule has 1 aliphatic heterocycles. The van der Waals surface area contributed by atoms with Crippen LogP contribution in [-0.2, 0) is 22.1 Å². The lowest BCUT2D eigenvalue weighted by Crippen LogP contribution is -2.11. The van der Waals surface area contributed by atoms with Crippen molar-refractivity contribution in [2.45, 2.75) is 26.4 Å². The zero-order chi connectivity index (χ0) is 14.7. The first-order valence-electron chi connectivity index (χ1n) is 6.99. The maximum atomic E-state index is 12.5. The van der Waals surface area contributed by atoms with Crippen LogP contribution in [0.15, 0.2) is 48.5 Å². The summed E-state index contributed by atoms with van der Waals surface area (Å²) in [4.78, 5) is 0. The highest BCUT2D eigenvalue weighted by atomic mass is 31.2. The van der Waals surface area contributed by atoms with E-state index in [1.807, 2.05) is 30.3 Å². The van der Waals surface area contributed by atoms with E-state index in [-0.39, 0.29) is 6.61 Å². The van der Waals surface area contributed by atoms with E-state index in [1.165, 1.54) is 5.56 Å². The molecule has 0 N–H and O–H groups in total. The van der Waals surface area contributed by atoms with E-state index >= 15 is 0 Å². The number of aryl methyl sites for hydroxylation is 1. The maximum absolute atomic E-state index is 12.5. The van der Waals surface area contributed by atoms with Crippen LogP contribution < -0.4 is 9.05 Å². The first-order chi connectivity index (χ1) is 10.2. The van der Waals surface area contributed by atoms with Crippen LogP contribution in [0, 0.1) is 0 Å². The van der Waals surface area contributed by atoms with Gasteiger partial charge < -0.3 is 9.05 Å². The van der Waals surface area contributed by atoms with Gasteiger partial charge in [-0.3, -0.25) is 4.52 Å². The normalized spacial score (nSPS) is 20.4. The third-order valence-corrected chi connectivity index (χ3v) is 4.54. The first kappa shape index (κ1) is 14.2. The van der Waals surface area contributed by atoms with Gasteiger partial charge in [-0.2, -0.15) is 0 Å². The van der Waals surface area contributed by atoms with Crippen LogP contribution in [0.1, 0.15) is 24.5 Å². The van der Waals surface area contributed by atoms with Crippen molar-refractivity contribution in [3.8, 4) is 11.5 Å². The van der Waals surface area contributed by atoms with Crippen molar-refractivity contribution in [2.75, 3.05) is 0 Å². The number of rotatable bonds is 4. The summed E-state index contributed by atoms with van der Waals surface area (Å²) >= 11 is 0. The van der Waals surface area contributed by atoms with Crippen LogP contribution >= 0.6 is 7.82 Å². The minimum Gasteiger partial charge on any atom is -0.395 e. The fourth-order valence-electron chi connectivity index (χ4n) is 2.19. The first-order valence-corrected chi connectivity index (χ1v) is 8.45. The van der Waals surface area contributed by atoms with Crippen LogP contribution in [-0.4, -0.2) is 0 Å². The fraction of sp³-hybridized carbons (Fsp3) is 0.250. The predicted molar refractivity (Wildman–Crippen MR) is 80.5 cm³/mol. The van der Waals surface area contributed by atoms with Crippen molar-refractivity contribution >= 4 is 7.82 Å². The Labute approximate surface area is 124 Å². The van der Waals surface area contributed by atoms with Crippen molar-refractivity contribution in [3.05, 3.63) is 59.7 Å². The molecule has 4 nitrogen and oxygen atoms in total. The van der Waals surface area contributed by atoms with E-state index in [1.54, 1.807) is 18.2 Å². The summed E-state index contributed by atoms with van der Waals surface area (Å²) in [7, 11) is -3.60. The number of hydrogen-bond acceptors (Lipinski definition) is 4. The third kappa shape index (κ3) is 3.29. The van der Waals surface area contributed by atoms with Crippen LogP contribution in [0.25, 0.3) is 0 Å². The summed E-state index contributed by atoms with van der Waals surface area (Å²) in [5.74, 6) is 1.03. The molecule has 2 aromatic rings. The fourth-order valence-corrected chi connectivity index (χ4v) is 3.43. The standard InChI is InChI=1S/C16H17O4P/c1-2-5-13-8-10-15(11-9-13)19-21(17)18-12-14-6-3-4-7-16(14)20-21/h3-4,6-11H,2,5,12H2,1H3. The quantitative estimate of drug-likeness (QED) is 0.766. The molecule has 2 aromatic carbocycles. The molecule has 0 aromatic heterocycles. The van der Waals surface area contributed by atoms with Gasteiger partial charge >= 0.3 is 7.82 Å². The van der Waals surface area contributed by atoms with Crippen LogP contribution in [0.3, 0.4) is 0 Å². The molecule has 3 rings (SSSR count). The molecule has 0 aliphatic carbocycles. The molecule has 0 amide bonds. The molecule has 1 unspecified atom stereocenters. The van der Waals surface area contributed by atoms with E-state index in [0.717, 1.165) is 18.4 Å². The molecule has 110 valence electrons. The van der Waals surface area contributed by atoms with Gasteiger partial charge in [0.1, 0.15) is 11.5 Å². The van der Waals surface area contributed by atoms with Crippen LogP contribution in [0.2, 0.25) is 0 Å². The van der Waals surface area contributed by atoms with Crippen molar-refractivity contribution in [2.24, 2.45) is 0 Å². The second-order valence-corrected chi connectivity index (χ2v) is 6.42. The highest BCUT2D eigenvalue weighted by molar-refractivity contribution is 7.49. The van der Waals surface area contributed by atoms with E-state index in [4.69, 9.17) is 13.6 Å². The van der Waals surface area contributed by atoms with E-state index in [0.29, 0.717) is 11.5 Å². The Kier molecular flexibility index (Phi) is 4.00. The summed E-state index contributed by atoms with van der Waals surface area (Å²) < 4.78 is 28.7. The topological polar surface area (TPSA) is 44.8 Å². The average Bonchev–Trinajstić information content (AvgIpc) is 2.49. The Morgan fingerprint density at radius 1 is 1.14 bits per heavy atom. The monoisotopic (exact) mass is 304 g/mol. The highest BCUT2D eigenvalue weighted by Gasteiger charge is 2.35. The molecule has 1 heterocycles. The molecular weight excluding hydrogens is 287 g/mol. The maximum Gasteiger partial charge on any atom is 0.587 e. The third-order valence-electron chi connectivity index (χ3n) is 3.24. The molecule has 21 heavy (non-hydrogen) atoms. The largest absolute Gasteiger partial charge is 0.587 e. The summed E-state index contributed by atoms with van der Waals surface area (Å²) in [5.41, 5.74) is 2.09. The van der Waals surface area contributed by atoms with Gasteiger partial charge in [-0.25, -0.2) is 4.57 Å². The molecule has 0 fully saturated rings. The van der Waals surface area contributed by atoms with E-state index < -0.39 is 7.82 Å². The van der Waals surface area contributed by atoms with E-state index in [2.05, 4.69) is 6.92 Å². The molecule has 0 radical (unpaired) electrons. The van der Waals surface area contributed by atoms with Crippen LogP contribution in [0.5, 0.6) is 11.5 Å². The second kappa shape index (κ2) is 5.92. The SMILES string of the molecule is CCCc1ccc(OP2(=O)OCc3ccccc3O2)cc1. The highest BCUT2D eigenvalue weighted by Crippen LogP contribution is 2.54. The predicted octanol–water partition coefficient (Wildman–Crippen LogP) is 4.74. The lowest BCUT2D eigenvalue weighted by molar-refractivity contribution is 0.181. The van der Waals surface area contributed by atoms with Gasteiger partial charge in [0, 0.05) is 5.56 Å². The summed E-state index contributed by atoms with van der Waals surface area (Å²) in [5, 5.41) is 0. The van der Waals surface area contributed by atoms with Crippen molar-refractivity contribution < 1.29 is 18.1 Å². The van der Waals surface area contributed by atoms with Gasteiger partial charge in [0.05, 0.1) is 6.61 Å². The van der Waals surface area contributed by atoms with Crippen molar-refractivity contribution in [3.63, 3.8) is 0 Å². The number of phosphoric acid groups is 1. The molecule has 0 saturated carbocycles. The summed E-state index contributed by atoms with van der Waals surface area (Å²) in [6.07, 6.45) is 2.10. The number of benzene rings is 2. The average molecular weight is 304 g/mol. The minimum absolute atomic E-state index is 0.224. The van der Waals surface area contributed by atoms with Gasteiger partial charge in [0.2, 0.25) is 0 Å². The number of fused-ring (bicyclic) bond motifs is 1. The second-order valence-electron chi connectivity index (χ2n) is 4.90. The Bertz CT molecular complexity index is 666. The van der Waals surface area contributed by atoms with Crippen molar-refractivity contribution in [1.82, 2.24) is 0 Å². The van der Waals surface area contributed by atoms with Gasteiger partial charge in [0.25, 0.3) is 0 Å². The Morgan fingerprint density at radius 3 is 2.67 bits per heavy atom. The lowest BCUT2D eigenvalue weighted by Gasteiger charge is -2.24. The molecule has 1 aliphatic rings. The van der Waals surface area contributed by atoms with E-state index in [9.17, 15) is 4.57 Å². The number of phosphoric ester groups is 1. The summed E-state index contributed by atoms with van der Waals surface area (Å²) in [6.45, 7) is 2.35. The number of hydrogen-bond donors (Lipinski definition) is 0. The van der Waals surface area contributed by atoms with Crippen molar-refractivity contribution in [1.29, 1.82) is 0 Å².